The van der Waals surface area contributed by atoms with Crippen LogP contribution in [0.1, 0.15) is 27.2 Å². The molecule has 1 saturated heterocycles. The number of carboxylic acid groups (broad SMARTS) is 1. The molecule has 2 unspecified atom stereocenters. The highest BCUT2D eigenvalue weighted by molar-refractivity contribution is 7.92. The molecule has 1 rings (SSSR count). The highest BCUT2D eigenvalue weighted by Crippen LogP contribution is 2.38. The van der Waals surface area contributed by atoms with Crippen molar-refractivity contribution in [1.82, 2.24) is 4.90 Å². The number of nitrogens with zero attached hydrogens (tertiary/aromatic N) is 1. The van der Waals surface area contributed by atoms with E-state index in [1.54, 1.807) is 0 Å². The SMILES string of the molecule is CC(C)C1(C(=O)O)CCN(C(=O)C(C)S(C)(=O)=O)C1. The summed E-state index contributed by atoms with van der Waals surface area (Å²) in [6.45, 7) is 5.33. The minimum Gasteiger partial charge on any atom is -0.481 e. The van der Waals surface area contributed by atoms with Gasteiger partial charge in [0.05, 0.1) is 5.41 Å². The summed E-state index contributed by atoms with van der Waals surface area (Å²) in [6.07, 6.45) is 1.38. The number of hydrogen-bond acceptors (Lipinski definition) is 4. The van der Waals surface area contributed by atoms with Crippen molar-refractivity contribution in [2.75, 3.05) is 19.3 Å². The van der Waals surface area contributed by atoms with Crippen molar-refractivity contribution >= 4 is 21.7 Å². The number of aliphatic carboxylic acids is 1. The number of hydrogen-bond donors (Lipinski definition) is 1. The summed E-state index contributed by atoms with van der Waals surface area (Å²) < 4.78 is 22.8. The van der Waals surface area contributed by atoms with Crippen LogP contribution in [0.25, 0.3) is 0 Å². The Morgan fingerprint density at radius 3 is 2.11 bits per heavy atom. The molecule has 110 valence electrons. The van der Waals surface area contributed by atoms with E-state index < -0.39 is 32.4 Å². The number of amides is 1. The lowest BCUT2D eigenvalue weighted by molar-refractivity contribution is -0.151. The fraction of sp³-hybridized carbons (Fsp3) is 0.833. The Labute approximate surface area is 113 Å². The first-order valence-electron chi connectivity index (χ1n) is 6.23. The van der Waals surface area contributed by atoms with Crippen LogP contribution in [0.4, 0.5) is 0 Å². The zero-order valence-electron chi connectivity index (χ0n) is 11.7. The van der Waals surface area contributed by atoms with Crippen LogP contribution in [0.15, 0.2) is 0 Å². The van der Waals surface area contributed by atoms with E-state index in [4.69, 9.17) is 0 Å². The number of carbonyl (C=O) groups is 2. The first-order valence-corrected chi connectivity index (χ1v) is 8.19. The van der Waals surface area contributed by atoms with Crippen molar-refractivity contribution in [3.8, 4) is 0 Å². The zero-order valence-corrected chi connectivity index (χ0v) is 12.5. The molecule has 0 aromatic carbocycles. The van der Waals surface area contributed by atoms with E-state index in [0.29, 0.717) is 13.0 Å². The second-order valence-corrected chi connectivity index (χ2v) is 7.96. The number of carbonyl (C=O) groups excluding carboxylic acids is 1. The summed E-state index contributed by atoms with van der Waals surface area (Å²) in [6, 6.07) is 0. The maximum Gasteiger partial charge on any atom is 0.311 e. The fourth-order valence-electron chi connectivity index (χ4n) is 2.35. The molecular formula is C12H21NO5S. The Morgan fingerprint density at radius 2 is 1.79 bits per heavy atom. The van der Waals surface area contributed by atoms with E-state index in [1.807, 2.05) is 13.8 Å². The van der Waals surface area contributed by atoms with Crippen LogP contribution in [-0.2, 0) is 19.4 Å². The average molecular weight is 291 g/mol. The van der Waals surface area contributed by atoms with Gasteiger partial charge in [0.2, 0.25) is 5.91 Å². The van der Waals surface area contributed by atoms with Gasteiger partial charge in [0.25, 0.3) is 0 Å². The van der Waals surface area contributed by atoms with Gasteiger partial charge in [0.1, 0.15) is 5.25 Å². The molecule has 0 radical (unpaired) electrons. The van der Waals surface area contributed by atoms with Gasteiger partial charge in [-0.05, 0) is 19.3 Å². The van der Waals surface area contributed by atoms with Crippen molar-refractivity contribution in [3.63, 3.8) is 0 Å². The lowest BCUT2D eigenvalue weighted by atomic mass is 9.76. The lowest BCUT2D eigenvalue weighted by Crippen LogP contribution is -2.44. The van der Waals surface area contributed by atoms with Gasteiger partial charge in [-0.2, -0.15) is 0 Å². The van der Waals surface area contributed by atoms with Crippen LogP contribution in [0, 0.1) is 11.3 Å². The number of likely N-dealkylation sites (tertiary alicyclic amines) is 1. The first-order chi connectivity index (χ1) is 8.52. The average Bonchev–Trinajstić information content (AvgIpc) is 2.71. The maximum atomic E-state index is 12.1. The van der Waals surface area contributed by atoms with Crippen LogP contribution < -0.4 is 0 Å². The van der Waals surface area contributed by atoms with Gasteiger partial charge in [-0.15, -0.1) is 0 Å². The Bertz CT molecular complexity index is 484. The predicted octanol–water partition coefficient (Wildman–Crippen LogP) is 0.379. The normalized spacial score (nSPS) is 25.6. The van der Waals surface area contributed by atoms with Crippen molar-refractivity contribution in [2.45, 2.75) is 32.4 Å². The molecule has 1 aliphatic heterocycles. The van der Waals surface area contributed by atoms with Crippen molar-refractivity contribution in [1.29, 1.82) is 0 Å². The Hall–Kier alpha value is -1.11. The quantitative estimate of drug-likeness (QED) is 0.808. The van der Waals surface area contributed by atoms with E-state index >= 15 is 0 Å². The second kappa shape index (κ2) is 5.11. The molecule has 0 aromatic heterocycles. The number of rotatable bonds is 4. The van der Waals surface area contributed by atoms with E-state index in [0.717, 1.165) is 6.26 Å². The molecule has 0 aromatic rings. The van der Waals surface area contributed by atoms with Crippen molar-refractivity contribution < 1.29 is 23.1 Å². The summed E-state index contributed by atoms with van der Waals surface area (Å²) in [4.78, 5) is 24.9. The third kappa shape index (κ3) is 2.91. The van der Waals surface area contributed by atoms with E-state index in [9.17, 15) is 23.1 Å². The van der Waals surface area contributed by atoms with Gasteiger partial charge in [-0.1, -0.05) is 13.8 Å². The number of carboxylic acids is 1. The topological polar surface area (TPSA) is 91.8 Å². The van der Waals surface area contributed by atoms with Crippen LogP contribution in [0.5, 0.6) is 0 Å². The van der Waals surface area contributed by atoms with Crippen LogP contribution in [-0.4, -0.2) is 54.9 Å². The Kier molecular flexibility index (Phi) is 4.29. The zero-order chi connectivity index (χ0) is 15.0. The van der Waals surface area contributed by atoms with Gasteiger partial charge < -0.3 is 10.0 Å². The molecule has 0 saturated carbocycles. The van der Waals surface area contributed by atoms with E-state index in [1.165, 1.54) is 11.8 Å². The minimum absolute atomic E-state index is 0.0820. The first kappa shape index (κ1) is 15.9. The smallest absolute Gasteiger partial charge is 0.311 e. The highest BCUT2D eigenvalue weighted by atomic mass is 32.2. The summed E-state index contributed by atoms with van der Waals surface area (Å²) in [5.41, 5.74) is -0.965. The summed E-state index contributed by atoms with van der Waals surface area (Å²) in [7, 11) is -3.46. The fourth-order valence-corrected chi connectivity index (χ4v) is 2.87. The molecule has 0 aliphatic carbocycles. The van der Waals surface area contributed by atoms with Crippen molar-refractivity contribution in [3.05, 3.63) is 0 Å². The van der Waals surface area contributed by atoms with Gasteiger partial charge in [-0.25, -0.2) is 8.42 Å². The predicted molar refractivity (Wildman–Crippen MR) is 70.4 cm³/mol. The maximum absolute atomic E-state index is 12.1. The van der Waals surface area contributed by atoms with Crippen LogP contribution >= 0.6 is 0 Å². The molecule has 0 bridgehead atoms. The number of sulfone groups is 1. The second-order valence-electron chi connectivity index (χ2n) is 5.60. The van der Waals surface area contributed by atoms with Crippen LogP contribution in [0.2, 0.25) is 0 Å². The minimum atomic E-state index is -3.46. The Morgan fingerprint density at radius 1 is 1.26 bits per heavy atom. The monoisotopic (exact) mass is 291 g/mol. The molecule has 1 fully saturated rings. The molecule has 2 atom stereocenters. The summed E-state index contributed by atoms with van der Waals surface area (Å²) in [5.74, 6) is -1.55. The molecule has 7 heteroatoms. The third-order valence-electron chi connectivity index (χ3n) is 4.13. The van der Waals surface area contributed by atoms with Crippen LogP contribution in [0.3, 0.4) is 0 Å². The van der Waals surface area contributed by atoms with E-state index in [-0.39, 0.29) is 12.5 Å². The van der Waals surface area contributed by atoms with Gasteiger partial charge in [0, 0.05) is 19.3 Å². The van der Waals surface area contributed by atoms with Gasteiger partial charge in [0.15, 0.2) is 9.84 Å². The summed E-state index contributed by atoms with van der Waals surface area (Å²) >= 11 is 0. The largest absolute Gasteiger partial charge is 0.481 e. The molecule has 0 spiro atoms. The Balaban J connectivity index is 2.92. The molecule has 1 amide bonds. The molecule has 1 N–H and O–H groups in total. The van der Waals surface area contributed by atoms with Crippen molar-refractivity contribution in [2.24, 2.45) is 11.3 Å². The molecule has 1 aliphatic rings. The highest BCUT2D eigenvalue weighted by Gasteiger charge is 2.49. The standard InChI is InChI=1S/C12H21NO5S/c1-8(2)12(11(15)16)5-6-13(7-12)10(14)9(3)19(4,17)18/h8-9H,5-7H2,1-4H3,(H,15,16). The van der Waals surface area contributed by atoms with Gasteiger partial charge >= 0.3 is 5.97 Å². The van der Waals surface area contributed by atoms with E-state index in [2.05, 4.69) is 0 Å². The molecule has 1 heterocycles. The molecule has 6 nitrogen and oxygen atoms in total. The van der Waals surface area contributed by atoms with Gasteiger partial charge in [-0.3, -0.25) is 9.59 Å². The third-order valence-corrected chi connectivity index (χ3v) is 5.62. The summed E-state index contributed by atoms with van der Waals surface area (Å²) in [5, 5.41) is 8.25. The molecule has 19 heavy (non-hydrogen) atoms. The lowest BCUT2D eigenvalue weighted by Gasteiger charge is -2.29. The molecular weight excluding hydrogens is 270 g/mol.